The first-order valence-electron chi connectivity index (χ1n) is 16.0. The molecule has 44 heavy (non-hydrogen) atoms. The van der Waals surface area contributed by atoms with Crippen molar-refractivity contribution >= 4 is 34.2 Å². The van der Waals surface area contributed by atoms with E-state index >= 15 is 0 Å². The molecule has 0 aliphatic carbocycles. The number of aliphatic hydroxyl groups is 1. The van der Waals surface area contributed by atoms with Crippen LogP contribution < -0.4 is 4.90 Å². The SMILES string of the molecule is C=CCCCOC(=O)[C@@H]1[C@H]2C(=O)N([C@@H](CO)CC(C)C)C(C(=O)N(CC=C)c3ccc4ccccc4c3)C23CC[C@@]1(CC)O3. The number of fused-ring (bicyclic) bond motifs is 2. The van der Waals surface area contributed by atoms with E-state index in [-0.39, 0.29) is 37.5 Å². The molecular formula is C36H46N2O6. The minimum atomic E-state index is -1.21. The Kier molecular flexibility index (Phi) is 9.33. The molecule has 1 N–H and O–H groups in total. The van der Waals surface area contributed by atoms with E-state index in [0.29, 0.717) is 44.2 Å². The highest BCUT2D eigenvalue weighted by Gasteiger charge is 2.79. The van der Waals surface area contributed by atoms with Crippen molar-refractivity contribution in [2.75, 3.05) is 24.7 Å². The Balaban J connectivity index is 1.60. The molecule has 236 valence electrons. The summed E-state index contributed by atoms with van der Waals surface area (Å²) in [6.45, 7) is 13.8. The summed E-state index contributed by atoms with van der Waals surface area (Å²) < 4.78 is 12.7. The van der Waals surface area contributed by atoms with Gasteiger partial charge in [-0.05, 0) is 67.3 Å². The molecule has 3 fully saturated rings. The summed E-state index contributed by atoms with van der Waals surface area (Å²) in [6.07, 6.45) is 6.83. The van der Waals surface area contributed by atoms with Gasteiger partial charge in [0.2, 0.25) is 5.91 Å². The lowest BCUT2D eigenvalue weighted by Crippen LogP contribution is -2.59. The summed E-state index contributed by atoms with van der Waals surface area (Å²) in [5, 5.41) is 12.7. The second-order valence-corrected chi connectivity index (χ2v) is 12.9. The molecule has 3 heterocycles. The molecule has 8 heteroatoms. The summed E-state index contributed by atoms with van der Waals surface area (Å²) in [7, 11) is 0. The van der Waals surface area contributed by atoms with E-state index < -0.39 is 41.1 Å². The Hall–Kier alpha value is -3.49. The molecule has 3 aliphatic rings. The first-order valence-corrected chi connectivity index (χ1v) is 16.0. The average Bonchev–Trinajstić information content (AvgIpc) is 3.63. The van der Waals surface area contributed by atoms with E-state index in [4.69, 9.17) is 9.47 Å². The molecule has 8 nitrogen and oxygen atoms in total. The minimum absolute atomic E-state index is 0.156. The van der Waals surface area contributed by atoms with Gasteiger partial charge in [0.1, 0.15) is 17.6 Å². The van der Waals surface area contributed by atoms with Crippen molar-refractivity contribution in [3.8, 4) is 0 Å². The molecule has 2 unspecified atom stereocenters. The number of carbonyl (C=O) groups is 3. The number of ether oxygens (including phenoxy) is 2. The number of amides is 2. The van der Waals surface area contributed by atoms with Crippen molar-refractivity contribution in [1.82, 2.24) is 4.90 Å². The number of hydrogen-bond donors (Lipinski definition) is 1. The van der Waals surface area contributed by atoms with Gasteiger partial charge in [0, 0.05) is 12.2 Å². The third-order valence-corrected chi connectivity index (χ3v) is 9.87. The zero-order chi connectivity index (χ0) is 31.6. The number of benzene rings is 2. The van der Waals surface area contributed by atoms with Gasteiger partial charge in [-0.25, -0.2) is 0 Å². The number of hydrogen-bond acceptors (Lipinski definition) is 6. The molecule has 0 saturated carbocycles. The van der Waals surface area contributed by atoms with E-state index in [0.717, 1.165) is 10.8 Å². The molecule has 2 amide bonds. The Morgan fingerprint density at radius 1 is 1.16 bits per heavy atom. The lowest BCUT2D eigenvalue weighted by molar-refractivity contribution is -0.162. The number of allylic oxidation sites excluding steroid dienone is 1. The van der Waals surface area contributed by atoms with Crippen molar-refractivity contribution in [2.45, 2.75) is 82.6 Å². The molecule has 2 aromatic carbocycles. The van der Waals surface area contributed by atoms with Crippen molar-refractivity contribution in [3.05, 3.63) is 67.8 Å². The molecule has 2 aromatic rings. The molecule has 6 atom stereocenters. The lowest BCUT2D eigenvalue weighted by atomic mass is 9.65. The van der Waals surface area contributed by atoms with Gasteiger partial charge in [0.15, 0.2) is 0 Å². The Morgan fingerprint density at radius 2 is 1.91 bits per heavy atom. The number of carbonyl (C=O) groups excluding carboxylic acids is 3. The van der Waals surface area contributed by atoms with Crippen molar-refractivity contribution in [1.29, 1.82) is 0 Å². The Labute approximate surface area is 260 Å². The minimum Gasteiger partial charge on any atom is -0.465 e. The quantitative estimate of drug-likeness (QED) is 0.176. The third-order valence-electron chi connectivity index (χ3n) is 9.87. The Morgan fingerprint density at radius 3 is 2.57 bits per heavy atom. The number of aliphatic hydroxyl groups excluding tert-OH is 1. The van der Waals surface area contributed by atoms with Gasteiger partial charge in [0.25, 0.3) is 5.91 Å². The number of esters is 1. The topological polar surface area (TPSA) is 96.4 Å². The molecular weight excluding hydrogens is 556 g/mol. The van der Waals surface area contributed by atoms with E-state index in [2.05, 4.69) is 13.2 Å². The summed E-state index contributed by atoms with van der Waals surface area (Å²) in [4.78, 5) is 46.6. The van der Waals surface area contributed by atoms with Crippen LogP contribution >= 0.6 is 0 Å². The average molecular weight is 603 g/mol. The fraction of sp³-hybridized carbons (Fsp3) is 0.528. The lowest BCUT2D eigenvalue weighted by Gasteiger charge is -2.40. The van der Waals surface area contributed by atoms with Gasteiger partial charge in [-0.1, -0.05) is 63.3 Å². The summed E-state index contributed by atoms with van der Waals surface area (Å²) in [6, 6.07) is 12.2. The number of likely N-dealkylation sites (tertiary alicyclic amines) is 1. The third kappa shape index (κ3) is 5.26. The van der Waals surface area contributed by atoms with E-state index in [1.807, 2.05) is 63.2 Å². The Bertz CT molecular complexity index is 1420. The maximum Gasteiger partial charge on any atom is 0.312 e. The smallest absolute Gasteiger partial charge is 0.312 e. The number of rotatable bonds is 14. The van der Waals surface area contributed by atoms with E-state index in [9.17, 15) is 19.5 Å². The van der Waals surface area contributed by atoms with Crippen LogP contribution in [-0.4, -0.2) is 70.8 Å². The van der Waals surface area contributed by atoms with E-state index in [1.165, 1.54) is 0 Å². The normalized spacial score (nSPS) is 27.9. The maximum absolute atomic E-state index is 15.0. The van der Waals surface area contributed by atoms with Gasteiger partial charge in [-0.15, -0.1) is 13.2 Å². The summed E-state index contributed by atoms with van der Waals surface area (Å²) >= 11 is 0. The predicted molar refractivity (Wildman–Crippen MR) is 171 cm³/mol. The van der Waals surface area contributed by atoms with Crippen LogP contribution in [0, 0.1) is 17.8 Å². The van der Waals surface area contributed by atoms with Crippen LogP contribution in [0.1, 0.15) is 59.3 Å². The summed E-state index contributed by atoms with van der Waals surface area (Å²) in [5.41, 5.74) is -1.42. The van der Waals surface area contributed by atoms with Crippen LogP contribution in [0.25, 0.3) is 10.8 Å². The zero-order valence-corrected chi connectivity index (χ0v) is 26.2. The standard InChI is InChI=1S/C36H46N2O6/c1-6-9-12-20-43-34(42)30-29-32(40)38(28(23-39)21-24(4)5)31(36(29)18-17-35(30,8-3)44-36)33(41)37(19-7-2)27-16-15-25-13-10-11-14-26(25)22-27/h6-7,10-11,13-16,22,24,28-31,39H,1-2,8-9,12,17-21,23H2,3-5H3/t28-,29+,30+,31?,35-,36?/m1/s1. The first-order chi connectivity index (χ1) is 21.2. The fourth-order valence-corrected chi connectivity index (χ4v) is 7.94. The van der Waals surface area contributed by atoms with Crippen LogP contribution in [0.2, 0.25) is 0 Å². The van der Waals surface area contributed by atoms with Gasteiger partial charge in [0.05, 0.1) is 30.8 Å². The van der Waals surface area contributed by atoms with Crippen LogP contribution in [0.15, 0.2) is 67.8 Å². The van der Waals surface area contributed by atoms with Gasteiger partial charge < -0.3 is 24.4 Å². The van der Waals surface area contributed by atoms with Crippen molar-refractivity contribution in [2.24, 2.45) is 17.8 Å². The first kappa shape index (κ1) is 31.9. The molecule has 3 saturated heterocycles. The summed E-state index contributed by atoms with van der Waals surface area (Å²) in [5.74, 6) is -2.62. The maximum atomic E-state index is 15.0. The highest BCUT2D eigenvalue weighted by molar-refractivity contribution is 6.05. The zero-order valence-electron chi connectivity index (χ0n) is 26.2. The van der Waals surface area contributed by atoms with Crippen LogP contribution in [-0.2, 0) is 23.9 Å². The molecule has 3 aliphatic heterocycles. The van der Waals surface area contributed by atoms with Crippen LogP contribution in [0.5, 0.6) is 0 Å². The molecule has 5 rings (SSSR count). The van der Waals surface area contributed by atoms with Crippen molar-refractivity contribution in [3.63, 3.8) is 0 Å². The van der Waals surface area contributed by atoms with E-state index in [1.54, 1.807) is 22.0 Å². The van der Waals surface area contributed by atoms with Crippen LogP contribution in [0.4, 0.5) is 5.69 Å². The van der Waals surface area contributed by atoms with Gasteiger partial charge >= 0.3 is 5.97 Å². The second kappa shape index (κ2) is 12.9. The molecule has 2 bridgehead atoms. The van der Waals surface area contributed by atoms with Crippen LogP contribution in [0.3, 0.4) is 0 Å². The molecule has 1 spiro atoms. The second-order valence-electron chi connectivity index (χ2n) is 12.9. The van der Waals surface area contributed by atoms with Gasteiger partial charge in [-0.2, -0.15) is 0 Å². The largest absolute Gasteiger partial charge is 0.465 e. The van der Waals surface area contributed by atoms with Gasteiger partial charge in [-0.3, -0.25) is 14.4 Å². The van der Waals surface area contributed by atoms with Crippen molar-refractivity contribution < 1.29 is 29.0 Å². The molecule has 0 aromatic heterocycles. The number of unbranched alkanes of at least 4 members (excludes halogenated alkanes) is 1. The molecule has 0 radical (unpaired) electrons. The highest BCUT2D eigenvalue weighted by Crippen LogP contribution is 2.65. The number of anilines is 1. The fourth-order valence-electron chi connectivity index (χ4n) is 7.94. The predicted octanol–water partition coefficient (Wildman–Crippen LogP) is 5.43. The number of nitrogens with zero attached hydrogens (tertiary/aromatic N) is 2. The monoisotopic (exact) mass is 602 g/mol. The highest BCUT2D eigenvalue weighted by atomic mass is 16.6.